The molecule has 0 fully saturated rings. The molecular formula is C42H28O2. The van der Waals surface area contributed by atoms with Crippen LogP contribution in [0, 0.1) is 0 Å². The molecule has 0 amide bonds. The van der Waals surface area contributed by atoms with Gasteiger partial charge in [-0.1, -0.05) is 103 Å². The molecule has 2 heteroatoms. The Kier molecular flexibility index (Phi) is 5.67. The van der Waals surface area contributed by atoms with Crippen LogP contribution < -0.4 is 0 Å². The van der Waals surface area contributed by atoms with Crippen LogP contribution in [0.15, 0.2) is 148 Å². The van der Waals surface area contributed by atoms with Crippen molar-refractivity contribution in [3.05, 3.63) is 156 Å². The van der Waals surface area contributed by atoms with E-state index in [-0.39, 0.29) is 0 Å². The van der Waals surface area contributed by atoms with Gasteiger partial charge in [-0.05, 0) is 93.8 Å². The van der Waals surface area contributed by atoms with Crippen molar-refractivity contribution in [2.45, 2.75) is 12.8 Å². The minimum Gasteiger partial charge on any atom is -0.456 e. The summed E-state index contributed by atoms with van der Waals surface area (Å²) >= 11 is 0. The minimum atomic E-state index is 0.855. The molecule has 1 aliphatic rings. The second kappa shape index (κ2) is 10.00. The summed E-state index contributed by atoms with van der Waals surface area (Å²) in [6, 6.07) is 49.5. The van der Waals surface area contributed by atoms with Gasteiger partial charge in [0.25, 0.3) is 0 Å². The van der Waals surface area contributed by atoms with E-state index in [4.69, 9.17) is 8.83 Å². The van der Waals surface area contributed by atoms with Crippen LogP contribution in [-0.4, -0.2) is 0 Å². The fraction of sp³-hybridized carbons (Fsp3) is 0.0476. The molecule has 8 aromatic rings. The Morgan fingerprint density at radius 2 is 0.932 bits per heavy atom. The highest BCUT2D eigenvalue weighted by atomic mass is 16.3. The quantitative estimate of drug-likeness (QED) is 0.212. The summed E-state index contributed by atoms with van der Waals surface area (Å²) in [5, 5.41) is 3.44. The van der Waals surface area contributed by atoms with Crippen LogP contribution in [0.4, 0.5) is 0 Å². The lowest BCUT2D eigenvalue weighted by Crippen LogP contribution is -1.97. The van der Waals surface area contributed by atoms with Crippen LogP contribution in [0.5, 0.6) is 0 Å². The van der Waals surface area contributed by atoms with Gasteiger partial charge < -0.3 is 8.83 Å². The van der Waals surface area contributed by atoms with Gasteiger partial charge in [0, 0.05) is 27.8 Å². The second-order valence-electron chi connectivity index (χ2n) is 11.7. The van der Waals surface area contributed by atoms with E-state index in [2.05, 4.69) is 146 Å². The summed E-state index contributed by atoms with van der Waals surface area (Å²) in [6.07, 6.45) is 4.17. The molecule has 2 heterocycles. The molecule has 0 saturated heterocycles. The molecule has 1 aliphatic carbocycles. The van der Waals surface area contributed by atoms with Crippen molar-refractivity contribution in [3.63, 3.8) is 0 Å². The van der Waals surface area contributed by atoms with Gasteiger partial charge in [0.05, 0.1) is 0 Å². The van der Waals surface area contributed by atoms with Crippen molar-refractivity contribution in [1.29, 1.82) is 0 Å². The van der Waals surface area contributed by atoms with E-state index in [0.29, 0.717) is 0 Å². The first-order valence-electron chi connectivity index (χ1n) is 15.2. The summed E-state index contributed by atoms with van der Waals surface area (Å²) in [5.74, 6) is 0.962. The Bertz CT molecular complexity index is 2370. The molecule has 6 aromatic carbocycles. The molecule has 0 saturated carbocycles. The Hall–Kier alpha value is -5.60. The zero-order valence-corrected chi connectivity index (χ0v) is 24.1. The maximum atomic E-state index is 6.47. The molecular weight excluding hydrogens is 536 g/mol. The minimum absolute atomic E-state index is 0.855. The summed E-state index contributed by atoms with van der Waals surface area (Å²) in [4.78, 5) is 0. The van der Waals surface area contributed by atoms with Crippen LogP contribution in [0.25, 0.3) is 77.9 Å². The van der Waals surface area contributed by atoms with Gasteiger partial charge in [0.15, 0.2) is 0 Å². The lowest BCUT2D eigenvalue weighted by molar-refractivity contribution is 0.595. The third-order valence-corrected chi connectivity index (χ3v) is 9.01. The lowest BCUT2D eigenvalue weighted by Gasteiger charge is -2.14. The van der Waals surface area contributed by atoms with E-state index >= 15 is 0 Å². The maximum absolute atomic E-state index is 6.47. The van der Waals surface area contributed by atoms with E-state index in [1.54, 1.807) is 0 Å². The van der Waals surface area contributed by atoms with Gasteiger partial charge in [-0.2, -0.15) is 0 Å². The number of rotatable bonds is 4. The largest absolute Gasteiger partial charge is 0.456 e. The molecule has 208 valence electrons. The molecule has 44 heavy (non-hydrogen) atoms. The summed E-state index contributed by atoms with van der Waals surface area (Å²) < 4.78 is 12.9. The molecule has 0 aliphatic heterocycles. The maximum Gasteiger partial charge on any atom is 0.139 e. The number of fused-ring (bicyclic) bond motifs is 6. The number of allylic oxidation sites excluding steroid dienone is 1. The van der Waals surface area contributed by atoms with Crippen LogP contribution in [-0.2, 0) is 6.42 Å². The van der Waals surface area contributed by atoms with Crippen LogP contribution in [0.3, 0.4) is 0 Å². The highest BCUT2D eigenvalue weighted by Crippen LogP contribution is 2.41. The van der Waals surface area contributed by atoms with Crippen molar-refractivity contribution >= 4 is 44.6 Å². The summed E-state index contributed by atoms with van der Waals surface area (Å²) in [7, 11) is 0. The van der Waals surface area contributed by atoms with Gasteiger partial charge in [0.1, 0.15) is 22.5 Å². The van der Waals surface area contributed by atoms with E-state index < -0.39 is 0 Å². The fourth-order valence-corrected chi connectivity index (χ4v) is 6.75. The van der Waals surface area contributed by atoms with Crippen molar-refractivity contribution in [3.8, 4) is 33.4 Å². The van der Waals surface area contributed by atoms with Gasteiger partial charge in [-0.3, -0.25) is 0 Å². The number of furan rings is 2. The van der Waals surface area contributed by atoms with E-state index in [1.165, 1.54) is 49.9 Å². The highest BCUT2D eigenvalue weighted by Gasteiger charge is 2.21. The Morgan fingerprint density at radius 1 is 0.364 bits per heavy atom. The van der Waals surface area contributed by atoms with Crippen molar-refractivity contribution < 1.29 is 8.83 Å². The number of aryl methyl sites for hydroxylation is 1. The smallest absolute Gasteiger partial charge is 0.139 e. The standard InChI is InChI=1S/C42H28O2/c1-3-9-27(10-4-1)29-13-7-15-31(21-29)33-17-19-35-37-25-38-36-20-18-34(24-40(36)44-42(38)26-41(37)43-39(35)23-33)32-16-8-14-30(22-32)28-11-5-2-6-12-28/h1-17,19,21-26H,18,20H2. The molecule has 0 atom stereocenters. The Morgan fingerprint density at radius 3 is 1.66 bits per heavy atom. The van der Waals surface area contributed by atoms with Gasteiger partial charge in [-0.25, -0.2) is 0 Å². The van der Waals surface area contributed by atoms with Crippen LogP contribution >= 0.6 is 0 Å². The molecule has 0 radical (unpaired) electrons. The second-order valence-corrected chi connectivity index (χ2v) is 11.7. The molecule has 0 N–H and O–H groups in total. The van der Waals surface area contributed by atoms with Crippen molar-refractivity contribution in [2.24, 2.45) is 0 Å². The van der Waals surface area contributed by atoms with Crippen LogP contribution in [0.1, 0.15) is 23.3 Å². The van der Waals surface area contributed by atoms with Gasteiger partial charge in [-0.15, -0.1) is 0 Å². The summed E-state index contributed by atoms with van der Waals surface area (Å²) in [6.45, 7) is 0. The van der Waals surface area contributed by atoms with Gasteiger partial charge >= 0.3 is 0 Å². The Labute approximate surface area is 255 Å². The highest BCUT2D eigenvalue weighted by molar-refractivity contribution is 6.11. The SMILES string of the molecule is C1=C(c2cccc(-c3ccccc3)c2)CCc2c1oc1cc3oc4cc(-c5cccc(-c6ccccc6)c5)ccc4c3cc21. The first-order valence-corrected chi connectivity index (χ1v) is 15.2. The third-order valence-electron chi connectivity index (χ3n) is 9.01. The van der Waals surface area contributed by atoms with E-state index in [0.717, 1.165) is 51.7 Å². The number of hydrogen-bond donors (Lipinski definition) is 0. The molecule has 0 bridgehead atoms. The first kappa shape index (κ1) is 24.9. The predicted molar refractivity (Wildman–Crippen MR) is 182 cm³/mol. The monoisotopic (exact) mass is 564 g/mol. The van der Waals surface area contributed by atoms with Crippen LogP contribution in [0.2, 0.25) is 0 Å². The summed E-state index contributed by atoms with van der Waals surface area (Å²) in [5.41, 5.74) is 13.7. The molecule has 0 spiro atoms. The Balaban J connectivity index is 1.08. The topological polar surface area (TPSA) is 26.3 Å². The molecule has 0 unspecified atom stereocenters. The molecule has 2 aromatic heterocycles. The zero-order chi connectivity index (χ0) is 29.0. The van der Waals surface area contributed by atoms with E-state index in [1.807, 2.05) is 0 Å². The van der Waals surface area contributed by atoms with E-state index in [9.17, 15) is 0 Å². The lowest BCUT2D eigenvalue weighted by atomic mass is 9.90. The normalized spacial score (nSPS) is 13.0. The van der Waals surface area contributed by atoms with Gasteiger partial charge in [0.2, 0.25) is 0 Å². The molecule has 2 nitrogen and oxygen atoms in total. The third kappa shape index (κ3) is 4.19. The van der Waals surface area contributed by atoms with Crippen molar-refractivity contribution in [1.82, 2.24) is 0 Å². The molecule has 9 rings (SSSR count). The zero-order valence-electron chi connectivity index (χ0n) is 24.1. The first-order chi connectivity index (χ1) is 21.8. The number of benzene rings is 6. The fourth-order valence-electron chi connectivity index (χ4n) is 6.75. The average molecular weight is 565 g/mol. The predicted octanol–water partition coefficient (Wildman–Crippen LogP) is 11.8. The average Bonchev–Trinajstić information content (AvgIpc) is 3.64. The van der Waals surface area contributed by atoms with Crippen molar-refractivity contribution in [2.75, 3.05) is 0 Å². The number of hydrogen-bond acceptors (Lipinski definition) is 2.